The zero-order chi connectivity index (χ0) is 11.0. The maximum Gasteiger partial charge on any atom is 0.239 e. The van der Waals surface area contributed by atoms with Crippen molar-refractivity contribution in [2.75, 3.05) is 13.1 Å². The maximum atomic E-state index is 11.1. The summed E-state index contributed by atoms with van der Waals surface area (Å²) in [6, 6.07) is 0.0368. The van der Waals surface area contributed by atoms with Crippen LogP contribution in [0.25, 0.3) is 0 Å². The molecule has 0 aliphatic carbocycles. The van der Waals surface area contributed by atoms with Crippen molar-refractivity contribution in [1.82, 2.24) is 10.6 Å². The third-order valence-electron chi connectivity index (χ3n) is 1.56. The molecule has 0 rings (SSSR count). The zero-order valence-electron chi connectivity index (χ0n) is 8.38. The molecule has 0 aromatic heterocycles. The van der Waals surface area contributed by atoms with E-state index in [0.29, 0.717) is 6.42 Å². The molecule has 80 valence electrons. The molecule has 14 heavy (non-hydrogen) atoms. The van der Waals surface area contributed by atoms with Crippen LogP contribution in [0.15, 0.2) is 12.7 Å². The molecule has 0 aromatic rings. The van der Waals surface area contributed by atoms with Gasteiger partial charge in [0, 0.05) is 6.04 Å². The van der Waals surface area contributed by atoms with Crippen LogP contribution in [0.2, 0.25) is 0 Å². The molecule has 1 atom stereocenters. The lowest BCUT2D eigenvalue weighted by atomic mass is 10.2. The maximum absolute atomic E-state index is 11.1. The predicted molar refractivity (Wildman–Crippen MR) is 54.5 cm³/mol. The third-order valence-corrected chi connectivity index (χ3v) is 1.56. The van der Waals surface area contributed by atoms with Crippen molar-refractivity contribution in [2.45, 2.75) is 19.4 Å². The molecule has 0 saturated heterocycles. The van der Waals surface area contributed by atoms with Gasteiger partial charge in [-0.05, 0) is 13.3 Å². The number of nitrogens with one attached hydrogen (secondary N) is 2. The van der Waals surface area contributed by atoms with Crippen molar-refractivity contribution >= 4 is 11.8 Å². The Bertz CT molecular complexity index is 216. The first-order valence-corrected chi connectivity index (χ1v) is 4.47. The van der Waals surface area contributed by atoms with Gasteiger partial charge in [-0.3, -0.25) is 9.59 Å². The second-order valence-corrected chi connectivity index (χ2v) is 2.97. The van der Waals surface area contributed by atoms with E-state index in [2.05, 4.69) is 17.2 Å². The lowest BCUT2D eigenvalue weighted by molar-refractivity contribution is -0.125. The Morgan fingerprint density at radius 2 is 2.14 bits per heavy atom. The minimum absolute atomic E-state index is 0.0302. The molecule has 0 saturated carbocycles. The summed E-state index contributed by atoms with van der Waals surface area (Å²) in [6.07, 6.45) is 2.43. The fourth-order valence-corrected chi connectivity index (χ4v) is 0.886. The molecule has 4 N–H and O–H groups in total. The Labute approximate surface area is 83.7 Å². The van der Waals surface area contributed by atoms with Gasteiger partial charge in [0.2, 0.25) is 11.8 Å². The van der Waals surface area contributed by atoms with Gasteiger partial charge in [-0.1, -0.05) is 6.08 Å². The number of hydrogen-bond donors (Lipinski definition) is 3. The first kappa shape index (κ1) is 12.6. The molecule has 5 heteroatoms. The third kappa shape index (κ3) is 6.19. The number of rotatable bonds is 6. The molecule has 5 nitrogen and oxygen atoms in total. The Hall–Kier alpha value is -1.36. The first-order chi connectivity index (χ1) is 6.60. The SMILES string of the molecule is C=CCC(C)NC(=O)CNC(=O)CN. The topological polar surface area (TPSA) is 84.2 Å². The van der Waals surface area contributed by atoms with E-state index in [0.717, 1.165) is 0 Å². The summed E-state index contributed by atoms with van der Waals surface area (Å²) in [4.78, 5) is 21.8. The lowest BCUT2D eigenvalue weighted by Gasteiger charge is -2.11. The van der Waals surface area contributed by atoms with Gasteiger partial charge in [0.1, 0.15) is 0 Å². The van der Waals surface area contributed by atoms with Crippen LogP contribution in [0, 0.1) is 0 Å². The zero-order valence-corrected chi connectivity index (χ0v) is 8.38. The van der Waals surface area contributed by atoms with Gasteiger partial charge >= 0.3 is 0 Å². The monoisotopic (exact) mass is 199 g/mol. The summed E-state index contributed by atoms with van der Waals surface area (Å²) in [5.41, 5.74) is 5.05. The number of amides is 2. The molecule has 2 amide bonds. The highest BCUT2D eigenvalue weighted by Gasteiger charge is 2.06. The minimum atomic E-state index is -0.337. The van der Waals surface area contributed by atoms with E-state index in [1.807, 2.05) is 6.92 Å². The van der Waals surface area contributed by atoms with E-state index in [1.54, 1.807) is 6.08 Å². The van der Waals surface area contributed by atoms with Gasteiger partial charge in [0.05, 0.1) is 13.1 Å². The summed E-state index contributed by atoms with van der Waals surface area (Å²) < 4.78 is 0. The molecule has 1 unspecified atom stereocenters. The number of carbonyl (C=O) groups excluding carboxylic acids is 2. The van der Waals surface area contributed by atoms with Crippen molar-refractivity contribution in [1.29, 1.82) is 0 Å². The van der Waals surface area contributed by atoms with Crippen LogP contribution in [0.3, 0.4) is 0 Å². The van der Waals surface area contributed by atoms with Crippen molar-refractivity contribution < 1.29 is 9.59 Å². The molecule has 0 fully saturated rings. The molecule has 0 aliphatic rings. The summed E-state index contributed by atoms with van der Waals surface area (Å²) in [5, 5.41) is 5.07. The van der Waals surface area contributed by atoms with Crippen molar-refractivity contribution in [2.24, 2.45) is 5.73 Å². The van der Waals surface area contributed by atoms with Crippen molar-refractivity contribution in [3.05, 3.63) is 12.7 Å². The molecule has 0 aliphatic heterocycles. The standard InChI is InChI=1S/C9H17N3O2/c1-3-4-7(2)12-9(14)6-11-8(13)5-10/h3,7H,1,4-6,10H2,2H3,(H,11,13)(H,12,14). The average Bonchev–Trinajstić information content (AvgIpc) is 2.14. The van der Waals surface area contributed by atoms with Gasteiger partial charge in [0.15, 0.2) is 0 Å². The normalized spacial score (nSPS) is 11.6. The van der Waals surface area contributed by atoms with Gasteiger partial charge in [0.25, 0.3) is 0 Å². The molecule has 0 bridgehead atoms. The highest BCUT2D eigenvalue weighted by atomic mass is 16.2. The van der Waals surface area contributed by atoms with Crippen LogP contribution in [0.4, 0.5) is 0 Å². The Morgan fingerprint density at radius 3 is 2.64 bits per heavy atom. The summed E-state index contributed by atoms with van der Waals surface area (Å²) in [7, 11) is 0. The molecule has 0 radical (unpaired) electrons. The summed E-state index contributed by atoms with van der Waals surface area (Å²) in [6.45, 7) is 5.29. The first-order valence-electron chi connectivity index (χ1n) is 4.47. The molecule has 0 aromatic carbocycles. The smallest absolute Gasteiger partial charge is 0.239 e. The van der Waals surface area contributed by atoms with Gasteiger partial charge in [-0.15, -0.1) is 6.58 Å². The Balaban J connectivity index is 3.64. The lowest BCUT2D eigenvalue weighted by Crippen LogP contribution is -2.42. The van der Waals surface area contributed by atoms with Gasteiger partial charge in [-0.2, -0.15) is 0 Å². The second-order valence-electron chi connectivity index (χ2n) is 2.97. The molecular weight excluding hydrogens is 182 g/mol. The van der Waals surface area contributed by atoms with Crippen LogP contribution in [0.1, 0.15) is 13.3 Å². The second kappa shape index (κ2) is 7.08. The van der Waals surface area contributed by atoms with E-state index in [-0.39, 0.29) is 30.9 Å². The fraction of sp³-hybridized carbons (Fsp3) is 0.556. The number of hydrogen-bond acceptors (Lipinski definition) is 3. The van der Waals surface area contributed by atoms with Crippen LogP contribution in [0.5, 0.6) is 0 Å². The summed E-state index contributed by atoms with van der Waals surface area (Å²) >= 11 is 0. The van der Waals surface area contributed by atoms with Crippen molar-refractivity contribution in [3.63, 3.8) is 0 Å². The Kier molecular flexibility index (Phi) is 6.39. The van der Waals surface area contributed by atoms with E-state index in [9.17, 15) is 9.59 Å². The van der Waals surface area contributed by atoms with E-state index in [1.165, 1.54) is 0 Å². The summed E-state index contributed by atoms with van der Waals surface area (Å²) in [5.74, 6) is -0.558. The van der Waals surface area contributed by atoms with E-state index >= 15 is 0 Å². The predicted octanol–water partition coefficient (Wildman–Crippen LogP) is -0.858. The number of nitrogens with two attached hydrogens (primary N) is 1. The fourth-order valence-electron chi connectivity index (χ4n) is 0.886. The van der Waals surface area contributed by atoms with Crippen LogP contribution in [-0.2, 0) is 9.59 Å². The average molecular weight is 199 g/mol. The quantitative estimate of drug-likeness (QED) is 0.487. The van der Waals surface area contributed by atoms with Crippen LogP contribution >= 0.6 is 0 Å². The highest BCUT2D eigenvalue weighted by molar-refractivity contribution is 5.85. The minimum Gasteiger partial charge on any atom is -0.352 e. The van der Waals surface area contributed by atoms with Crippen molar-refractivity contribution in [3.8, 4) is 0 Å². The number of carbonyl (C=O) groups is 2. The van der Waals surface area contributed by atoms with E-state index < -0.39 is 0 Å². The molecule has 0 spiro atoms. The van der Waals surface area contributed by atoms with Crippen LogP contribution < -0.4 is 16.4 Å². The van der Waals surface area contributed by atoms with Gasteiger partial charge < -0.3 is 16.4 Å². The molecule has 0 heterocycles. The largest absolute Gasteiger partial charge is 0.352 e. The highest BCUT2D eigenvalue weighted by Crippen LogP contribution is 1.89. The molecular formula is C9H17N3O2. The Morgan fingerprint density at radius 1 is 1.50 bits per heavy atom. The van der Waals surface area contributed by atoms with Crippen LogP contribution in [-0.4, -0.2) is 30.9 Å². The van der Waals surface area contributed by atoms with Gasteiger partial charge in [-0.25, -0.2) is 0 Å². The van der Waals surface area contributed by atoms with E-state index in [4.69, 9.17) is 5.73 Å².